The third-order valence-electron chi connectivity index (χ3n) is 1.89. The summed E-state index contributed by atoms with van der Waals surface area (Å²) < 4.78 is 5.10. The van der Waals surface area contributed by atoms with Crippen LogP contribution in [0.2, 0.25) is 0 Å². The zero-order valence-electron chi connectivity index (χ0n) is 6.83. The number of nitrogens with zero attached hydrogens (tertiary/aromatic N) is 1. The Morgan fingerprint density at radius 1 is 1.60 bits per heavy atom. The molecule has 0 aromatic carbocycles. The summed E-state index contributed by atoms with van der Waals surface area (Å²) in [4.78, 5) is 2.22. The van der Waals surface area contributed by atoms with Crippen molar-refractivity contribution in [2.24, 2.45) is 0 Å². The first-order valence-electron chi connectivity index (χ1n) is 3.48. The molecule has 0 aliphatic carbocycles. The van der Waals surface area contributed by atoms with Gasteiger partial charge in [0.15, 0.2) is 0 Å². The lowest BCUT2D eigenvalue weighted by Gasteiger charge is -2.17. The summed E-state index contributed by atoms with van der Waals surface area (Å²) in [5.41, 5.74) is 0. The van der Waals surface area contributed by atoms with E-state index < -0.39 is 0 Å². The molecule has 1 fully saturated rings. The van der Waals surface area contributed by atoms with Crippen molar-refractivity contribution in [2.45, 2.75) is 25.5 Å². The molecule has 1 rings (SSSR count). The predicted molar refractivity (Wildman–Crippen MR) is 44.8 cm³/mol. The first-order chi connectivity index (χ1) is 4.20. The van der Waals surface area contributed by atoms with Gasteiger partial charge in [0.2, 0.25) is 0 Å². The molecule has 0 spiro atoms. The molecule has 1 aliphatic rings. The van der Waals surface area contributed by atoms with Crippen molar-refractivity contribution < 1.29 is 4.74 Å². The van der Waals surface area contributed by atoms with Crippen molar-refractivity contribution in [1.29, 1.82) is 0 Å². The number of hydrogen-bond donors (Lipinski definition) is 0. The van der Waals surface area contributed by atoms with Gasteiger partial charge < -0.3 is 9.64 Å². The molecular weight excluding hydrogens is 150 g/mol. The standard InChI is InChI=1S/C7H15NO.ClH/c1-6(8(2)3)4-7-5-9-7;/h6-7H,4-5H2,1-3H3;1H. The van der Waals surface area contributed by atoms with Gasteiger partial charge in [-0.05, 0) is 27.4 Å². The molecule has 0 amide bonds. The van der Waals surface area contributed by atoms with Gasteiger partial charge in [0.1, 0.15) is 0 Å². The quantitative estimate of drug-likeness (QED) is 0.584. The minimum absolute atomic E-state index is 0. The lowest BCUT2D eigenvalue weighted by Crippen LogP contribution is -2.25. The average molecular weight is 166 g/mol. The zero-order chi connectivity index (χ0) is 6.85. The Balaban J connectivity index is 0.000000810. The van der Waals surface area contributed by atoms with Crippen LogP contribution < -0.4 is 0 Å². The summed E-state index contributed by atoms with van der Waals surface area (Å²) in [6.07, 6.45) is 1.76. The molecule has 1 saturated heterocycles. The summed E-state index contributed by atoms with van der Waals surface area (Å²) in [5.74, 6) is 0. The summed E-state index contributed by atoms with van der Waals surface area (Å²) in [7, 11) is 4.21. The van der Waals surface area contributed by atoms with Gasteiger partial charge in [-0.3, -0.25) is 0 Å². The molecule has 0 bridgehead atoms. The molecular formula is C7H16ClNO. The second kappa shape index (κ2) is 4.16. The minimum atomic E-state index is 0. The monoisotopic (exact) mass is 165 g/mol. The Labute approximate surface area is 68.9 Å². The predicted octanol–water partition coefficient (Wildman–Crippen LogP) is 1.15. The SMILES string of the molecule is CC(CC1CO1)N(C)C.Cl. The van der Waals surface area contributed by atoms with Crippen molar-refractivity contribution in [3.8, 4) is 0 Å². The summed E-state index contributed by atoms with van der Waals surface area (Å²) in [5, 5.41) is 0. The smallest absolute Gasteiger partial charge is 0.0824 e. The molecule has 1 aliphatic heterocycles. The lowest BCUT2D eigenvalue weighted by atomic mass is 10.2. The summed E-state index contributed by atoms with van der Waals surface area (Å²) in [6.45, 7) is 3.21. The van der Waals surface area contributed by atoms with Crippen LogP contribution in [0.25, 0.3) is 0 Å². The fraction of sp³-hybridized carbons (Fsp3) is 1.00. The highest BCUT2D eigenvalue weighted by molar-refractivity contribution is 5.85. The molecule has 10 heavy (non-hydrogen) atoms. The number of ether oxygens (including phenoxy) is 1. The summed E-state index contributed by atoms with van der Waals surface area (Å²) >= 11 is 0. The Morgan fingerprint density at radius 2 is 2.10 bits per heavy atom. The Morgan fingerprint density at radius 3 is 2.40 bits per heavy atom. The second-order valence-electron chi connectivity index (χ2n) is 3.00. The number of rotatable bonds is 3. The van der Waals surface area contributed by atoms with Gasteiger partial charge in [-0.15, -0.1) is 12.4 Å². The van der Waals surface area contributed by atoms with E-state index in [1.807, 2.05) is 0 Å². The Bertz CT molecular complexity index is 93.6. The first-order valence-corrected chi connectivity index (χ1v) is 3.48. The number of hydrogen-bond acceptors (Lipinski definition) is 2. The third kappa shape index (κ3) is 3.40. The molecule has 1 heterocycles. The molecule has 0 saturated carbocycles. The normalized spacial score (nSPS) is 25.8. The van der Waals surface area contributed by atoms with Crippen LogP contribution in [0.5, 0.6) is 0 Å². The van der Waals surface area contributed by atoms with Crippen LogP contribution >= 0.6 is 12.4 Å². The van der Waals surface area contributed by atoms with Crippen LogP contribution in [0.4, 0.5) is 0 Å². The molecule has 0 N–H and O–H groups in total. The van der Waals surface area contributed by atoms with Crippen molar-refractivity contribution in [2.75, 3.05) is 20.7 Å². The second-order valence-corrected chi connectivity index (χ2v) is 3.00. The van der Waals surface area contributed by atoms with Crippen LogP contribution in [0.3, 0.4) is 0 Å². The van der Waals surface area contributed by atoms with E-state index in [-0.39, 0.29) is 12.4 Å². The maximum Gasteiger partial charge on any atom is 0.0824 e. The van der Waals surface area contributed by atoms with Crippen molar-refractivity contribution in [1.82, 2.24) is 4.90 Å². The molecule has 3 heteroatoms. The largest absolute Gasteiger partial charge is 0.373 e. The maximum absolute atomic E-state index is 5.10. The van der Waals surface area contributed by atoms with Crippen LogP contribution in [-0.4, -0.2) is 37.7 Å². The molecule has 2 nitrogen and oxygen atoms in total. The highest BCUT2D eigenvalue weighted by atomic mass is 35.5. The van der Waals surface area contributed by atoms with Gasteiger partial charge in [0.05, 0.1) is 12.7 Å². The van der Waals surface area contributed by atoms with Crippen LogP contribution in [0, 0.1) is 0 Å². The van der Waals surface area contributed by atoms with E-state index in [1.165, 1.54) is 6.42 Å². The third-order valence-corrected chi connectivity index (χ3v) is 1.89. The van der Waals surface area contributed by atoms with Gasteiger partial charge in [-0.25, -0.2) is 0 Å². The fourth-order valence-electron chi connectivity index (χ4n) is 0.795. The van der Waals surface area contributed by atoms with E-state index in [2.05, 4.69) is 25.9 Å². The molecule has 0 radical (unpaired) electrons. The van der Waals surface area contributed by atoms with Crippen LogP contribution in [0.15, 0.2) is 0 Å². The van der Waals surface area contributed by atoms with Crippen LogP contribution in [-0.2, 0) is 4.74 Å². The first kappa shape index (κ1) is 10.2. The van der Waals surface area contributed by atoms with Crippen LogP contribution in [0.1, 0.15) is 13.3 Å². The minimum Gasteiger partial charge on any atom is -0.373 e. The Hall–Kier alpha value is 0.210. The molecule has 0 aromatic heterocycles. The molecule has 2 unspecified atom stereocenters. The van der Waals surface area contributed by atoms with E-state index in [0.717, 1.165) is 6.61 Å². The van der Waals surface area contributed by atoms with Gasteiger partial charge >= 0.3 is 0 Å². The molecule has 2 atom stereocenters. The maximum atomic E-state index is 5.10. The van der Waals surface area contributed by atoms with Crippen molar-refractivity contribution in [3.63, 3.8) is 0 Å². The number of epoxide rings is 1. The molecule has 62 valence electrons. The highest BCUT2D eigenvalue weighted by Crippen LogP contribution is 2.16. The van der Waals surface area contributed by atoms with E-state index in [4.69, 9.17) is 4.74 Å². The van der Waals surface area contributed by atoms with Gasteiger partial charge in [0.25, 0.3) is 0 Å². The van der Waals surface area contributed by atoms with Gasteiger partial charge in [0, 0.05) is 6.04 Å². The molecule has 0 aromatic rings. The zero-order valence-corrected chi connectivity index (χ0v) is 7.65. The number of halogens is 1. The lowest BCUT2D eigenvalue weighted by molar-refractivity contribution is 0.268. The fourth-order valence-corrected chi connectivity index (χ4v) is 0.795. The van der Waals surface area contributed by atoms with E-state index in [1.54, 1.807) is 0 Å². The van der Waals surface area contributed by atoms with E-state index in [0.29, 0.717) is 12.1 Å². The Kier molecular flexibility index (Phi) is 4.25. The van der Waals surface area contributed by atoms with Crippen molar-refractivity contribution >= 4 is 12.4 Å². The summed E-state index contributed by atoms with van der Waals surface area (Å²) in [6, 6.07) is 0.664. The van der Waals surface area contributed by atoms with Gasteiger partial charge in [-0.1, -0.05) is 0 Å². The van der Waals surface area contributed by atoms with E-state index in [9.17, 15) is 0 Å². The average Bonchev–Trinajstić information content (AvgIpc) is 2.50. The van der Waals surface area contributed by atoms with E-state index >= 15 is 0 Å². The van der Waals surface area contributed by atoms with Gasteiger partial charge in [-0.2, -0.15) is 0 Å². The van der Waals surface area contributed by atoms with Crippen molar-refractivity contribution in [3.05, 3.63) is 0 Å². The topological polar surface area (TPSA) is 15.8 Å². The highest BCUT2D eigenvalue weighted by Gasteiger charge is 2.25.